The minimum absolute atomic E-state index is 0.0978. The summed E-state index contributed by atoms with van der Waals surface area (Å²) in [5.41, 5.74) is 2.22. The summed E-state index contributed by atoms with van der Waals surface area (Å²) >= 11 is 0. The van der Waals surface area contributed by atoms with Gasteiger partial charge < -0.3 is 10.1 Å². The number of rotatable bonds is 4. The van der Waals surface area contributed by atoms with Crippen LogP contribution in [0, 0.1) is 0 Å². The average molecular weight is 229 g/mol. The number of aromatic nitrogens is 2. The van der Waals surface area contributed by atoms with E-state index in [2.05, 4.69) is 21.6 Å². The third kappa shape index (κ3) is 2.60. The van der Waals surface area contributed by atoms with Gasteiger partial charge in [0.15, 0.2) is 0 Å². The van der Waals surface area contributed by atoms with Crippen molar-refractivity contribution in [2.24, 2.45) is 0 Å². The molecule has 1 aromatic heterocycles. The molecule has 0 amide bonds. The van der Waals surface area contributed by atoms with E-state index in [-0.39, 0.29) is 6.04 Å². The van der Waals surface area contributed by atoms with Gasteiger partial charge >= 0.3 is 0 Å². The quantitative estimate of drug-likeness (QED) is 0.868. The molecule has 88 valence electrons. The zero-order valence-corrected chi connectivity index (χ0v) is 9.92. The number of nitrogens with zero attached hydrogens (tertiary/aromatic N) is 2. The Morgan fingerprint density at radius 1 is 1.18 bits per heavy atom. The molecule has 4 heteroatoms. The van der Waals surface area contributed by atoms with Crippen molar-refractivity contribution in [3.05, 3.63) is 53.9 Å². The lowest BCUT2D eigenvalue weighted by Crippen LogP contribution is -2.17. The SMILES string of the molecule is CNC(c1ccnnc1)c1cccc(OC)c1. The fourth-order valence-corrected chi connectivity index (χ4v) is 1.82. The van der Waals surface area contributed by atoms with E-state index in [0.29, 0.717) is 0 Å². The number of nitrogens with one attached hydrogen (secondary N) is 1. The van der Waals surface area contributed by atoms with Crippen LogP contribution in [0.25, 0.3) is 0 Å². The van der Waals surface area contributed by atoms with Crippen LogP contribution >= 0.6 is 0 Å². The van der Waals surface area contributed by atoms with E-state index in [4.69, 9.17) is 4.74 Å². The molecular formula is C13H15N3O. The maximum absolute atomic E-state index is 5.23. The summed E-state index contributed by atoms with van der Waals surface area (Å²) in [6.45, 7) is 0. The van der Waals surface area contributed by atoms with Gasteiger partial charge in [-0.25, -0.2) is 0 Å². The molecule has 0 bridgehead atoms. The van der Waals surface area contributed by atoms with Crippen LogP contribution in [-0.2, 0) is 0 Å². The van der Waals surface area contributed by atoms with Crippen LogP contribution in [0.4, 0.5) is 0 Å². The Kier molecular flexibility index (Phi) is 3.67. The van der Waals surface area contributed by atoms with E-state index in [9.17, 15) is 0 Å². The maximum Gasteiger partial charge on any atom is 0.119 e. The summed E-state index contributed by atoms with van der Waals surface area (Å²) in [6, 6.07) is 10.0. The van der Waals surface area contributed by atoms with Crippen molar-refractivity contribution in [3.63, 3.8) is 0 Å². The van der Waals surface area contributed by atoms with Gasteiger partial charge in [0.25, 0.3) is 0 Å². The second-order valence-corrected chi connectivity index (χ2v) is 3.67. The predicted molar refractivity (Wildman–Crippen MR) is 65.9 cm³/mol. The first kappa shape index (κ1) is 11.5. The van der Waals surface area contributed by atoms with Crippen molar-refractivity contribution in [2.45, 2.75) is 6.04 Å². The first-order valence-corrected chi connectivity index (χ1v) is 5.43. The van der Waals surface area contributed by atoms with Crippen LogP contribution in [0.2, 0.25) is 0 Å². The summed E-state index contributed by atoms with van der Waals surface area (Å²) in [6.07, 6.45) is 3.46. The Labute approximate surface area is 101 Å². The Bertz CT molecular complexity index is 473. The van der Waals surface area contributed by atoms with E-state index in [1.807, 2.05) is 31.3 Å². The number of hydrogen-bond donors (Lipinski definition) is 1. The molecule has 1 heterocycles. The average Bonchev–Trinajstić information content (AvgIpc) is 2.41. The molecule has 1 N–H and O–H groups in total. The highest BCUT2D eigenvalue weighted by molar-refractivity contribution is 5.35. The molecule has 1 aromatic carbocycles. The van der Waals surface area contributed by atoms with Crippen LogP contribution in [0.15, 0.2) is 42.7 Å². The first-order chi connectivity index (χ1) is 8.35. The summed E-state index contributed by atoms with van der Waals surface area (Å²) < 4.78 is 5.23. The highest BCUT2D eigenvalue weighted by atomic mass is 16.5. The minimum Gasteiger partial charge on any atom is -0.497 e. The van der Waals surface area contributed by atoms with Gasteiger partial charge in [-0.05, 0) is 36.4 Å². The zero-order valence-electron chi connectivity index (χ0n) is 9.92. The van der Waals surface area contributed by atoms with Crippen molar-refractivity contribution in [2.75, 3.05) is 14.2 Å². The molecule has 2 rings (SSSR count). The summed E-state index contributed by atoms with van der Waals surface area (Å²) in [5.74, 6) is 0.852. The Morgan fingerprint density at radius 3 is 2.71 bits per heavy atom. The van der Waals surface area contributed by atoms with Gasteiger partial charge in [-0.3, -0.25) is 0 Å². The number of methoxy groups -OCH3 is 1. The van der Waals surface area contributed by atoms with Crippen molar-refractivity contribution in [1.29, 1.82) is 0 Å². The lowest BCUT2D eigenvalue weighted by molar-refractivity contribution is 0.414. The van der Waals surface area contributed by atoms with Gasteiger partial charge in [-0.15, -0.1) is 0 Å². The molecule has 4 nitrogen and oxygen atoms in total. The van der Waals surface area contributed by atoms with Gasteiger partial charge in [-0.2, -0.15) is 10.2 Å². The predicted octanol–water partition coefficient (Wildman–Crippen LogP) is 1.79. The van der Waals surface area contributed by atoms with Crippen molar-refractivity contribution < 1.29 is 4.74 Å². The third-order valence-electron chi connectivity index (χ3n) is 2.66. The Morgan fingerprint density at radius 2 is 2.06 bits per heavy atom. The van der Waals surface area contributed by atoms with Crippen LogP contribution < -0.4 is 10.1 Å². The van der Waals surface area contributed by atoms with Crippen molar-refractivity contribution >= 4 is 0 Å². The molecule has 1 atom stereocenters. The standard InChI is InChI=1S/C13H15N3O/c1-14-13(11-6-7-15-16-9-11)10-4-3-5-12(8-10)17-2/h3-9,13-14H,1-2H3. The van der Waals surface area contributed by atoms with E-state index < -0.39 is 0 Å². The molecular weight excluding hydrogens is 214 g/mol. The van der Waals surface area contributed by atoms with Crippen LogP contribution in [0.1, 0.15) is 17.2 Å². The molecule has 0 aliphatic rings. The van der Waals surface area contributed by atoms with Crippen LogP contribution in [-0.4, -0.2) is 24.4 Å². The lowest BCUT2D eigenvalue weighted by Gasteiger charge is -2.17. The molecule has 0 saturated heterocycles. The van der Waals surface area contributed by atoms with Crippen molar-refractivity contribution in [3.8, 4) is 5.75 Å². The Balaban J connectivity index is 2.35. The molecule has 0 aliphatic carbocycles. The molecule has 0 saturated carbocycles. The van der Waals surface area contributed by atoms with E-state index in [1.165, 1.54) is 0 Å². The topological polar surface area (TPSA) is 47.0 Å². The molecule has 17 heavy (non-hydrogen) atoms. The van der Waals surface area contributed by atoms with E-state index in [1.54, 1.807) is 19.5 Å². The van der Waals surface area contributed by atoms with Gasteiger partial charge in [0, 0.05) is 6.20 Å². The minimum atomic E-state index is 0.0978. The highest BCUT2D eigenvalue weighted by Crippen LogP contribution is 2.23. The summed E-state index contributed by atoms with van der Waals surface area (Å²) in [5, 5.41) is 10.9. The third-order valence-corrected chi connectivity index (χ3v) is 2.66. The molecule has 0 aliphatic heterocycles. The van der Waals surface area contributed by atoms with Gasteiger partial charge in [-0.1, -0.05) is 12.1 Å². The van der Waals surface area contributed by atoms with Gasteiger partial charge in [0.1, 0.15) is 5.75 Å². The molecule has 1 unspecified atom stereocenters. The van der Waals surface area contributed by atoms with Gasteiger partial charge in [0.05, 0.1) is 19.3 Å². The summed E-state index contributed by atoms with van der Waals surface area (Å²) in [4.78, 5) is 0. The molecule has 2 aromatic rings. The molecule has 0 fully saturated rings. The number of benzene rings is 1. The highest BCUT2D eigenvalue weighted by Gasteiger charge is 2.12. The van der Waals surface area contributed by atoms with Crippen LogP contribution in [0.3, 0.4) is 0 Å². The maximum atomic E-state index is 5.23. The monoisotopic (exact) mass is 229 g/mol. The van der Waals surface area contributed by atoms with E-state index >= 15 is 0 Å². The number of ether oxygens (including phenoxy) is 1. The largest absolute Gasteiger partial charge is 0.497 e. The van der Waals surface area contributed by atoms with Crippen molar-refractivity contribution in [1.82, 2.24) is 15.5 Å². The fourth-order valence-electron chi connectivity index (χ4n) is 1.82. The van der Waals surface area contributed by atoms with E-state index in [0.717, 1.165) is 16.9 Å². The second kappa shape index (κ2) is 5.41. The lowest BCUT2D eigenvalue weighted by atomic mass is 10.0. The zero-order chi connectivity index (χ0) is 12.1. The summed E-state index contributed by atoms with van der Waals surface area (Å²) in [7, 11) is 3.59. The Hall–Kier alpha value is -1.94. The molecule has 0 radical (unpaired) electrons. The second-order valence-electron chi connectivity index (χ2n) is 3.67. The van der Waals surface area contributed by atoms with Crippen LogP contribution in [0.5, 0.6) is 5.75 Å². The number of hydrogen-bond acceptors (Lipinski definition) is 4. The molecule has 0 spiro atoms. The van der Waals surface area contributed by atoms with Gasteiger partial charge in [0.2, 0.25) is 0 Å². The normalized spacial score (nSPS) is 12.1. The smallest absolute Gasteiger partial charge is 0.119 e. The fraction of sp³-hybridized carbons (Fsp3) is 0.231. The first-order valence-electron chi connectivity index (χ1n) is 5.43.